The molecule has 0 saturated carbocycles. The molecule has 0 heterocycles. The van der Waals surface area contributed by atoms with Gasteiger partial charge in [-0.15, -0.1) is 0 Å². The van der Waals surface area contributed by atoms with E-state index in [0.29, 0.717) is 23.2 Å². The Morgan fingerprint density at radius 3 is 2.00 bits per heavy atom. The second kappa shape index (κ2) is 8.10. The molecule has 0 amide bonds. The lowest BCUT2D eigenvalue weighted by Crippen LogP contribution is -2.19. The van der Waals surface area contributed by atoms with Crippen molar-refractivity contribution in [1.29, 1.82) is 0 Å². The zero-order valence-corrected chi connectivity index (χ0v) is 18.1. The van der Waals surface area contributed by atoms with Crippen LogP contribution in [-0.4, -0.2) is 13.2 Å². The molecule has 0 fully saturated rings. The molecule has 142 valence electrons. The Morgan fingerprint density at radius 2 is 1.46 bits per heavy atom. The van der Waals surface area contributed by atoms with Gasteiger partial charge in [0.05, 0.1) is 0 Å². The van der Waals surface area contributed by atoms with Crippen LogP contribution >= 0.6 is 23.2 Å². The molecule has 0 aliphatic heterocycles. The van der Waals surface area contributed by atoms with Gasteiger partial charge in [-0.25, -0.2) is 0 Å². The van der Waals surface area contributed by atoms with Gasteiger partial charge in [0.2, 0.25) is 0 Å². The van der Waals surface area contributed by atoms with Crippen LogP contribution < -0.4 is 10.1 Å². The summed E-state index contributed by atoms with van der Waals surface area (Å²) in [6.07, 6.45) is 0. The van der Waals surface area contributed by atoms with E-state index in [0.717, 1.165) is 11.4 Å². The maximum Gasteiger partial charge on any atom is 0.123 e. The number of ether oxygens (including phenoxy) is 1. The molecule has 0 atom stereocenters. The van der Waals surface area contributed by atoms with Crippen LogP contribution in [0.3, 0.4) is 0 Å². The van der Waals surface area contributed by atoms with E-state index < -0.39 is 0 Å². The molecule has 0 aromatic heterocycles. The van der Waals surface area contributed by atoms with Crippen LogP contribution in [-0.2, 0) is 10.8 Å². The third-order valence-corrected chi connectivity index (χ3v) is 4.64. The van der Waals surface area contributed by atoms with E-state index in [4.69, 9.17) is 27.9 Å². The lowest BCUT2D eigenvalue weighted by molar-refractivity contribution is 0.322. The summed E-state index contributed by atoms with van der Waals surface area (Å²) in [5, 5.41) is 4.53. The van der Waals surface area contributed by atoms with Gasteiger partial charge in [0.1, 0.15) is 12.4 Å². The van der Waals surface area contributed by atoms with Crippen molar-refractivity contribution in [2.24, 2.45) is 0 Å². The van der Waals surface area contributed by atoms with Crippen LogP contribution in [0, 0.1) is 0 Å². The molecular weight excluding hydrogens is 365 g/mol. The van der Waals surface area contributed by atoms with Gasteiger partial charge in [-0.2, -0.15) is 0 Å². The molecule has 0 unspecified atom stereocenters. The fraction of sp³-hybridized carbons (Fsp3) is 0.455. The maximum atomic E-state index is 6.09. The predicted molar refractivity (Wildman–Crippen MR) is 114 cm³/mol. The van der Waals surface area contributed by atoms with Crippen molar-refractivity contribution in [3.8, 4) is 5.75 Å². The first-order valence-corrected chi connectivity index (χ1v) is 9.70. The molecule has 0 bridgehead atoms. The summed E-state index contributed by atoms with van der Waals surface area (Å²) >= 11 is 12.1. The highest BCUT2D eigenvalue weighted by Gasteiger charge is 2.23. The first-order chi connectivity index (χ1) is 12.0. The molecule has 26 heavy (non-hydrogen) atoms. The van der Waals surface area contributed by atoms with Crippen LogP contribution in [0.15, 0.2) is 36.4 Å². The first kappa shape index (κ1) is 20.9. The largest absolute Gasteiger partial charge is 0.491 e. The topological polar surface area (TPSA) is 21.3 Å². The monoisotopic (exact) mass is 393 g/mol. The summed E-state index contributed by atoms with van der Waals surface area (Å²) in [5.41, 5.74) is 3.58. The normalized spacial score (nSPS) is 12.2. The van der Waals surface area contributed by atoms with Crippen LogP contribution in [0.4, 0.5) is 5.69 Å². The van der Waals surface area contributed by atoms with Crippen molar-refractivity contribution in [2.45, 2.75) is 52.4 Å². The lowest BCUT2D eigenvalue weighted by Gasteiger charge is -2.27. The van der Waals surface area contributed by atoms with Crippen LogP contribution in [0.25, 0.3) is 0 Å². The maximum absolute atomic E-state index is 6.09. The van der Waals surface area contributed by atoms with Crippen molar-refractivity contribution >= 4 is 28.9 Å². The molecular formula is C22H29Cl2NO. The highest BCUT2D eigenvalue weighted by molar-refractivity contribution is 6.35. The Balaban J connectivity index is 2.06. The SMILES string of the molecule is CC(C)(C)c1ccc(OCCNc2cc(Cl)cc(Cl)c2)c(C(C)(C)C)c1. The molecule has 1 N–H and O–H groups in total. The number of halogens is 2. The number of anilines is 1. The molecule has 0 radical (unpaired) electrons. The molecule has 0 aliphatic carbocycles. The van der Waals surface area contributed by atoms with Gasteiger partial charge < -0.3 is 10.1 Å². The Morgan fingerprint density at radius 1 is 0.846 bits per heavy atom. The smallest absolute Gasteiger partial charge is 0.123 e. The highest BCUT2D eigenvalue weighted by atomic mass is 35.5. The molecule has 0 spiro atoms. The van der Waals surface area contributed by atoms with Crippen LogP contribution in [0.1, 0.15) is 52.7 Å². The fourth-order valence-corrected chi connectivity index (χ4v) is 3.25. The minimum absolute atomic E-state index is 0.0184. The Kier molecular flexibility index (Phi) is 6.52. The summed E-state index contributed by atoms with van der Waals surface area (Å²) in [7, 11) is 0. The lowest BCUT2D eigenvalue weighted by atomic mass is 9.80. The summed E-state index contributed by atoms with van der Waals surface area (Å²) < 4.78 is 6.09. The number of rotatable bonds is 5. The molecule has 2 rings (SSSR count). The Hall–Kier alpha value is -1.38. The van der Waals surface area contributed by atoms with Crippen molar-refractivity contribution in [3.63, 3.8) is 0 Å². The van der Waals surface area contributed by atoms with Gasteiger partial charge >= 0.3 is 0 Å². The molecule has 4 heteroatoms. The minimum Gasteiger partial charge on any atom is -0.491 e. The molecule has 2 aromatic rings. The van der Waals surface area contributed by atoms with E-state index in [1.54, 1.807) is 6.07 Å². The minimum atomic E-state index is 0.0184. The number of hydrogen-bond acceptors (Lipinski definition) is 2. The van der Waals surface area contributed by atoms with Crippen molar-refractivity contribution < 1.29 is 4.74 Å². The number of benzene rings is 2. The van der Waals surface area contributed by atoms with E-state index in [9.17, 15) is 0 Å². The summed E-state index contributed by atoms with van der Waals surface area (Å²) in [6.45, 7) is 14.6. The standard InChI is InChI=1S/C22H29Cl2NO/c1-21(2,3)15-7-8-20(19(11-15)22(4,5)6)26-10-9-25-18-13-16(23)12-17(24)14-18/h7-8,11-14,25H,9-10H2,1-6H3. The van der Waals surface area contributed by atoms with E-state index in [2.05, 4.69) is 65.1 Å². The summed E-state index contributed by atoms with van der Waals surface area (Å²) in [5.74, 6) is 0.941. The Labute approximate surface area is 167 Å². The van der Waals surface area contributed by atoms with E-state index in [1.165, 1.54) is 11.1 Å². The molecule has 2 nitrogen and oxygen atoms in total. The van der Waals surface area contributed by atoms with Gasteiger partial charge in [-0.1, -0.05) is 76.9 Å². The van der Waals surface area contributed by atoms with Crippen molar-refractivity contribution in [1.82, 2.24) is 0 Å². The summed E-state index contributed by atoms with van der Waals surface area (Å²) in [6, 6.07) is 12.0. The second-order valence-corrected chi connectivity index (χ2v) is 9.52. The average molecular weight is 394 g/mol. The quantitative estimate of drug-likeness (QED) is 0.547. The zero-order chi connectivity index (χ0) is 19.5. The van der Waals surface area contributed by atoms with Crippen molar-refractivity contribution in [2.75, 3.05) is 18.5 Å². The zero-order valence-electron chi connectivity index (χ0n) is 16.5. The molecule has 2 aromatic carbocycles. The third-order valence-electron chi connectivity index (χ3n) is 4.20. The second-order valence-electron chi connectivity index (χ2n) is 8.64. The average Bonchev–Trinajstić information content (AvgIpc) is 2.48. The summed E-state index contributed by atoms with van der Waals surface area (Å²) in [4.78, 5) is 0. The van der Waals surface area contributed by atoms with E-state index in [-0.39, 0.29) is 10.8 Å². The Bertz CT molecular complexity index is 737. The van der Waals surface area contributed by atoms with Gasteiger partial charge in [0.25, 0.3) is 0 Å². The van der Waals surface area contributed by atoms with E-state index >= 15 is 0 Å². The first-order valence-electron chi connectivity index (χ1n) is 8.94. The molecule has 0 aliphatic rings. The highest BCUT2D eigenvalue weighted by Crippen LogP contribution is 2.35. The van der Waals surface area contributed by atoms with E-state index in [1.807, 2.05) is 12.1 Å². The number of nitrogens with one attached hydrogen (secondary N) is 1. The van der Waals surface area contributed by atoms with Gasteiger partial charge in [-0.05, 0) is 46.2 Å². The van der Waals surface area contributed by atoms with Gasteiger partial charge in [0.15, 0.2) is 0 Å². The number of hydrogen-bond donors (Lipinski definition) is 1. The molecule has 0 saturated heterocycles. The third kappa shape index (κ3) is 5.82. The van der Waals surface area contributed by atoms with Gasteiger partial charge in [0, 0.05) is 22.3 Å². The van der Waals surface area contributed by atoms with Gasteiger partial charge in [-0.3, -0.25) is 0 Å². The predicted octanol–water partition coefficient (Wildman–Crippen LogP) is 7.08. The van der Waals surface area contributed by atoms with Crippen molar-refractivity contribution in [3.05, 3.63) is 57.6 Å². The van der Waals surface area contributed by atoms with Crippen LogP contribution in [0.2, 0.25) is 10.0 Å². The van der Waals surface area contributed by atoms with Crippen LogP contribution in [0.5, 0.6) is 5.75 Å². The fourth-order valence-electron chi connectivity index (χ4n) is 2.72.